The average Bonchev–Trinajstić information content (AvgIpc) is 2.95. The number of hydrogen-bond donors (Lipinski definition) is 1. The van der Waals surface area contributed by atoms with Crippen LogP contribution in [0.5, 0.6) is 5.75 Å². The Bertz CT molecular complexity index is 1050. The van der Waals surface area contributed by atoms with Gasteiger partial charge < -0.3 is 14.2 Å². The largest absolute Gasteiger partial charge is 0.482 e. The molecule has 1 aliphatic heterocycles. The Hall–Kier alpha value is -3.06. The smallest absolute Gasteiger partial charge is 0.265 e. The summed E-state index contributed by atoms with van der Waals surface area (Å²) in [5.41, 5.74) is 2.25. The first-order valence-electron chi connectivity index (χ1n) is 8.47. The molecule has 0 saturated heterocycles. The van der Waals surface area contributed by atoms with E-state index in [-0.39, 0.29) is 31.4 Å². The molecule has 2 heterocycles. The Morgan fingerprint density at radius 1 is 1.30 bits per heavy atom. The summed E-state index contributed by atoms with van der Waals surface area (Å²) in [6.07, 6.45) is 0.143. The van der Waals surface area contributed by atoms with Crippen molar-refractivity contribution in [3.63, 3.8) is 0 Å². The number of amides is 2. The van der Waals surface area contributed by atoms with Crippen molar-refractivity contribution in [2.75, 3.05) is 23.4 Å². The summed E-state index contributed by atoms with van der Waals surface area (Å²) in [5.74, 6) is 0.686. The van der Waals surface area contributed by atoms with Crippen molar-refractivity contribution in [2.24, 2.45) is 7.05 Å². The molecule has 1 aromatic heterocycles. The Morgan fingerprint density at radius 2 is 2.11 bits per heavy atom. The van der Waals surface area contributed by atoms with Gasteiger partial charge in [0.1, 0.15) is 5.75 Å². The van der Waals surface area contributed by atoms with Gasteiger partial charge in [-0.25, -0.2) is 4.98 Å². The first kappa shape index (κ1) is 17.4. The summed E-state index contributed by atoms with van der Waals surface area (Å²) in [6, 6.07) is 12.7. The standard InChI is InChI=1S/C19H17ClN4O3/c1-23-14-7-6-12(20)10-13(14)21-19(23)22-17(25)8-9-24-15-4-2-3-5-16(15)27-11-18(24)26/h2-7,10H,8-9,11H2,1H3,(H,21,22,25). The van der Waals surface area contributed by atoms with Crippen LogP contribution in [0.3, 0.4) is 0 Å². The zero-order valence-corrected chi connectivity index (χ0v) is 15.4. The number of ether oxygens (including phenoxy) is 1. The highest BCUT2D eigenvalue weighted by molar-refractivity contribution is 6.31. The van der Waals surface area contributed by atoms with E-state index in [2.05, 4.69) is 10.3 Å². The molecule has 1 N–H and O–H groups in total. The molecule has 138 valence electrons. The van der Waals surface area contributed by atoms with Crippen LogP contribution < -0.4 is 15.0 Å². The first-order chi connectivity index (χ1) is 13.0. The second-order valence-electron chi connectivity index (χ2n) is 6.23. The van der Waals surface area contributed by atoms with Crippen molar-refractivity contribution in [1.29, 1.82) is 0 Å². The van der Waals surface area contributed by atoms with Crippen LogP contribution in [0.1, 0.15) is 6.42 Å². The van der Waals surface area contributed by atoms with Crippen LogP contribution in [0.15, 0.2) is 42.5 Å². The molecule has 0 radical (unpaired) electrons. The molecule has 0 atom stereocenters. The topological polar surface area (TPSA) is 76.5 Å². The first-order valence-corrected chi connectivity index (χ1v) is 8.85. The lowest BCUT2D eigenvalue weighted by Gasteiger charge is -2.29. The van der Waals surface area contributed by atoms with Crippen LogP contribution >= 0.6 is 11.6 Å². The van der Waals surface area contributed by atoms with E-state index in [0.717, 1.165) is 5.52 Å². The van der Waals surface area contributed by atoms with E-state index in [4.69, 9.17) is 16.3 Å². The molecule has 2 amide bonds. The second kappa shape index (κ2) is 6.92. The van der Waals surface area contributed by atoms with Crippen molar-refractivity contribution in [1.82, 2.24) is 9.55 Å². The monoisotopic (exact) mass is 384 g/mol. The van der Waals surface area contributed by atoms with Crippen molar-refractivity contribution in [2.45, 2.75) is 6.42 Å². The van der Waals surface area contributed by atoms with Gasteiger partial charge in [0, 0.05) is 25.0 Å². The molecule has 8 heteroatoms. The molecule has 0 fully saturated rings. The lowest BCUT2D eigenvalue weighted by Crippen LogP contribution is -2.40. The zero-order valence-electron chi connectivity index (χ0n) is 14.6. The molecule has 0 unspecified atom stereocenters. The number of para-hydroxylation sites is 2. The fourth-order valence-corrected chi connectivity index (χ4v) is 3.25. The summed E-state index contributed by atoms with van der Waals surface area (Å²) >= 11 is 5.99. The van der Waals surface area contributed by atoms with Crippen molar-refractivity contribution >= 4 is 46.1 Å². The molecule has 27 heavy (non-hydrogen) atoms. The van der Waals surface area contributed by atoms with E-state index in [0.29, 0.717) is 27.9 Å². The molecule has 7 nitrogen and oxygen atoms in total. The number of rotatable bonds is 4. The molecule has 0 saturated carbocycles. The Morgan fingerprint density at radius 3 is 2.96 bits per heavy atom. The summed E-state index contributed by atoms with van der Waals surface area (Å²) in [4.78, 5) is 30.6. The summed E-state index contributed by atoms with van der Waals surface area (Å²) in [6.45, 7) is 0.241. The van der Waals surface area contributed by atoms with Crippen LogP contribution in [-0.2, 0) is 16.6 Å². The van der Waals surface area contributed by atoms with E-state index >= 15 is 0 Å². The van der Waals surface area contributed by atoms with Gasteiger partial charge in [-0.05, 0) is 30.3 Å². The van der Waals surface area contributed by atoms with E-state index < -0.39 is 0 Å². The zero-order chi connectivity index (χ0) is 19.0. The van der Waals surface area contributed by atoms with Crippen LogP contribution in [-0.4, -0.2) is 34.5 Å². The number of benzene rings is 2. The lowest BCUT2D eigenvalue weighted by molar-refractivity contribution is -0.121. The SMILES string of the molecule is Cn1c(NC(=O)CCN2C(=O)COc3ccccc32)nc2cc(Cl)ccc21. The number of fused-ring (bicyclic) bond motifs is 2. The molecule has 2 aromatic carbocycles. The summed E-state index contributed by atoms with van der Waals surface area (Å²) in [7, 11) is 1.82. The van der Waals surface area contributed by atoms with Crippen molar-refractivity contribution in [3.05, 3.63) is 47.5 Å². The molecule has 0 bridgehead atoms. The number of nitrogens with one attached hydrogen (secondary N) is 1. The second-order valence-corrected chi connectivity index (χ2v) is 6.66. The Balaban J connectivity index is 1.46. The predicted molar refractivity (Wildman–Crippen MR) is 103 cm³/mol. The minimum absolute atomic E-state index is 0.0237. The maximum Gasteiger partial charge on any atom is 0.265 e. The number of anilines is 2. The molecule has 1 aliphatic rings. The highest BCUT2D eigenvalue weighted by Gasteiger charge is 2.25. The molecular formula is C19H17ClN4O3. The quantitative estimate of drug-likeness (QED) is 0.750. The Labute approximate surface area is 160 Å². The molecular weight excluding hydrogens is 368 g/mol. The van der Waals surface area contributed by atoms with Crippen molar-refractivity contribution in [3.8, 4) is 5.75 Å². The van der Waals surface area contributed by atoms with Crippen LogP contribution in [0, 0.1) is 0 Å². The van der Waals surface area contributed by atoms with E-state index in [1.165, 1.54) is 0 Å². The van der Waals surface area contributed by atoms with Gasteiger partial charge in [-0.3, -0.25) is 14.9 Å². The van der Waals surface area contributed by atoms with Gasteiger partial charge in [-0.15, -0.1) is 0 Å². The van der Waals surface area contributed by atoms with Gasteiger partial charge in [0.15, 0.2) is 6.61 Å². The van der Waals surface area contributed by atoms with E-state index in [1.54, 1.807) is 33.7 Å². The van der Waals surface area contributed by atoms with Crippen molar-refractivity contribution < 1.29 is 14.3 Å². The number of hydrogen-bond acceptors (Lipinski definition) is 4. The average molecular weight is 385 g/mol. The van der Waals surface area contributed by atoms with Crippen LogP contribution in [0.25, 0.3) is 11.0 Å². The lowest BCUT2D eigenvalue weighted by atomic mass is 10.2. The van der Waals surface area contributed by atoms with Gasteiger partial charge in [-0.1, -0.05) is 23.7 Å². The summed E-state index contributed by atoms with van der Waals surface area (Å²) < 4.78 is 7.20. The third-order valence-corrected chi connectivity index (χ3v) is 4.70. The van der Waals surface area contributed by atoms with E-state index in [9.17, 15) is 9.59 Å². The van der Waals surface area contributed by atoms with Crippen LogP contribution in [0.2, 0.25) is 5.02 Å². The molecule has 0 aliphatic carbocycles. The third kappa shape index (κ3) is 3.33. The normalized spacial score (nSPS) is 13.4. The minimum atomic E-state index is -0.226. The maximum absolute atomic E-state index is 12.4. The molecule has 0 spiro atoms. The number of nitrogens with zero attached hydrogens (tertiary/aromatic N) is 3. The fraction of sp³-hybridized carbons (Fsp3) is 0.211. The number of aryl methyl sites for hydroxylation is 1. The summed E-state index contributed by atoms with van der Waals surface area (Å²) in [5, 5.41) is 3.38. The van der Waals surface area contributed by atoms with Gasteiger partial charge in [0.2, 0.25) is 11.9 Å². The minimum Gasteiger partial charge on any atom is -0.482 e. The fourth-order valence-electron chi connectivity index (χ4n) is 3.08. The number of carbonyl (C=O) groups excluding carboxylic acids is 2. The highest BCUT2D eigenvalue weighted by Crippen LogP contribution is 2.31. The molecule has 3 aromatic rings. The number of halogens is 1. The number of carbonyl (C=O) groups is 2. The molecule has 4 rings (SSSR count). The van der Waals surface area contributed by atoms with Gasteiger partial charge in [0.05, 0.1) is 16.7 Å². The highest BCUT2D eigenvalue weighted by atomic mass is 35.5. The van der Waals surface area contributed by atoms with Gasteiger partial charge in [0.25, 0.3) is 5.91 Å². The number of aromatic nitrogens is 2. The number of imidazole rings is 1. The Kier molecular flexibility index (Phi) is 4.45. The van der Waals surface area contributed by atoms with Crippen LogP contribution in [0.4, 0.5) is 11.6 Å². The maximum atomic E-state index is 12.4. The van der Waals surface area contributed by atoms with E-state index in [1.807, 2.05) is 25.2 Å². The van der Waals surface area contributed by atoms with Gasteiger partial charge >= 0.3 is 0 Å². The van der Waals surface area contributed by atoms with Gasteiger partial charge in [-0.2, -0.15) is 0 Å². The third-order valence-electron chi connectivity index (χ3n) is 4.46. The predicted octanol–water partition coefficient (Wildman–Crippen LogP) is 2.98.